The first kappa shape index (κ1) is 27.7. The van der Waals surface area contributed by atoms with Crippen LogP contribution in [0.3, 0.4) is 0 Å². The van der Waals surface area contributed by atoms with Crippen molar-refractivity contribution in [1.82, 2.24) is 0 Å². The Bertz CT molecular complexity index is 576. The number of aliphatic carboxylic acids is 2. The topological polar surface area (TPSA) is 284 Å². The quantitative estimate of drug-likeness (QED) is 0.234. The van der Waals surface area contributed by atoms with Crippen molar-refractivity contribution in [2.24, 2.45) is 0 Å². The molecular weight excluding hydrogens is 405 g/mol. The number of hydrogen-bond donors (Lipinski definition) is 9. The van der Waals surface area contributed by atoms with E-state index in [1.54, 1.807) is 0 Å². The summed E-state index contributed by atoms with van der Waals surface area (Å²) in [6, 6.07) is 0. The molecule has 9 N–H and O–H groups in total. The number of carbonyl (C=O) groups is 3. The Kier molecular flexibility index (Phi) is 12.3. The summed E-state index contributed by atoms with van der Waals surface area (Å²) in [7, 11) is -13.6. The fourth-order valence-electron chi connectivity index (χ4n) is 0.320. The predicted octanol–water partition coefficient (Wildman–Crippen LogP) is -1.27. The molecule has 0 aromatic heterocycles. The molecule has 24 heavy (non-hydrogen) atoms. The molecule has 0 aliphatic rings. The van der Waals surface area contributed by atoms with E-state index < -0.39 is 52.3 Å². The van der Waals surface area contributed by atoms with Gasteiger partial charge in [0.2, 0.25) is 0 Å². The van der Waals surface area contributed by atoms with Gasteiger partial charge in [-0.05, 0) is 6.92 Å². The minimum Gasteiger partial charge on any atom is -0.481 e. The maximum absolute atomic E-state index is 10.1. The SMILES string of the molecule is CC(C(=O)O)P(=O)(O)O.O=C(O)CP(=O)(O)O.O=C(O)P(=O)(O)O. The third-order valence-corrected chi connectivity index (χ3v) is 3.86. The van der Waals surface area contributed by atoms with Crippen LogP contribution >= 0.6 is 22.8 Å². The second kappa shape index (κ2) is 10.7. The number of hydrogen-bond acceptors (Lipinski definition) is 6. The van der Waals surface area contributed by atoms with Gasteiger partial charge in [0, 0.05) is 0 Å². The first-order chi connectivity index (χ1) is 10.2. The highest BCUT2D eigenvalue weighted by molar-refractivity contribution is 7.69. The van der Waals surface area contributed by atoms with E-state index in [0.717, 1.165) is 6.92 Å². The van der Waals surface area contributed by atoms with Gasteiger partial charge in [0.25, 0.3) is 0 Å². The van der Waals surface area contributed by atoms with Crippen LogP contribution in [0, 0.1) is 0 Å². The molecule has 0 rings (SSSR count). The molecule has 0 aliphatic carbocycles. The van der Waals surface area contributed by atoms with Crippen molar-refractivity contribution in [3.63, 3.8) is 0 Å². The van der Waals surface area contributed by atoms with E-state index in [4.69, 9.17) is 44.7 Å². The standard InChI is InChI=1S/C3H7O5P.C2H5O5P.CH3O5P/c1-2(3(4)5)9(6,7)8;3-2(4)1-8(5,6)7;2-1(3)7(4,5)6/h2H,1H3,(H,4,5)(H2,6,7,8);1H2,(H,3,4)(H2,5,6,7);(H,2,3)(H2,4,5,6). The molecule has 1 atom stereocenters. The zero-order valence-corrected chi connectivity index (χ0v) is 14.3. The zero-order chi connectivity index (χ0) is 20.5. The molecule has 144 valence electrons. The third-order valence-electron chi connectivity index (χ3n) is 1.45. The molecule has 15 nitrogen and oxygen atoms in total. The summed E-state index contributed by atoms with van der Waals surface area (Å²) in [6.07, 6.45) is -1.09. The van der Waals surface area contributed by atoms with E-state index in [1.165, 1.54) is 0 Å². The van der Waals surface area contributed by atoms with Gasteiger partial charge in [0.1, 0.15) is 6.16 Å². The third kappa shape index (κ3) is 20.9. The molecule has 18 heteroatoms. The van der Waals surface area contributed by atoms with E-state index >= 15 is 0 Å². The number of carboxylic acids is 2. The van der Waals surface area contributed by atoms with Gasteiger partial charge in [-0.1, -0.05) is 0 Å². The molecule has 0 heterocycles. The second-order valence-electron chi connectivity index (χ2n) is 3.65. The number of rotatable bonds is 5. The van der Waals surface area contributed by atoms with E-state index in [1.807, 2.05) is 0 Å². The van der Waals surface area contributed by atoms with Crippen LogP contribution in [-0.2, 0) is 23.3 Å². The molecular formula is C6H15O15P3. The minimum absolute atomic E-state index is 0.961. The first-order valence-corrected chi connectivity index (χ1v) is 10.1. The van der Waals surface area contributed by atoms with Crippen LogP contribution in [0.2, 0.25) is 0 Å². The van der Waals surface area contributed by atoms with Crippen molar-refractivity contribution >= 4 is 40.4 Å². The van der Waals surface area contributed by atoms with Crippen molar-refractivity contribution in [3.05, 3.63) is 0 Å². The van der Waals surface area contributed by atoms with E-state index in [9.17, 15) is 28.1 Å². The van der Waals surface area contributed by atoms with Gasteiger partial charge < -0.3 is 44.7 Å². The Morgan fingerprint density at radius 2 is 1.12 bits per heavy atom. The maximum atomic E-state index is 10.1. The summed E-state index contributed by atoms with van der Waals surface area (Å²) in [5.41, 5.74) is -3.69. The van der Waals surface area contributed by atoms with E-state index in [-0.39, 0.29) is 0 Å². The molecule has 0 bridgehead atoms. The van der Waals surface area contributed by atoms with Crippen LogP contribution in [0.5, 0.6) is 0 Å². The molecule has 0 saturated carbocycles. The van der Waals surface area contributed by atoms with E-state index in [2.05, 4.69) is 0 Å². The summed E-state index contributed by atoms with van der Waals surface area (Å²) < 4.78 is 29.3. The summed E-state index contributed by atoms with van der Waals surface area (Å²) in [6.45, 7) is 0.961. The Labute approximate surface area is 133 Å². The first-order valence-electron chi connectivity index (χ1n) is 5.05. The molecule has 0 aromatic rings. The lowest BCUT2D eigenvalue weighted by molar-refractivity contribution is -0.137. The predicted molar refractivity (Wildman–Crippen MR) is 73.8 cm³/mol. The molecule has 0 radical (unpaired) electrons. The Morgan fingerprint density at radius 1 is 0.833 bits per heavy atom. The van der Waals surface area contributed by atoms with Crippen molar-refractivity contribution in [2.45, 2.75) is 12.6 Å². The smallest absolute Gasteiger partial charge is 0.433 e. The molecule has 1 unspecified atom stereocenters. The maximum Gasteiger partial charge on any atom is 0.433 e. The summed E-state index contributed by atoms with van der Waals surface area (Å²) in [5.74, 6) is -2.97. The Morgan fingerprint density at radius 3 is 1.12 bits per heavy atom. The largest absolute Gasteiger partial charge is 0.481 e. The lowest BCUT2D eigenvalue weighted by atomic mass is 10.5. The van der Waals surface area contributed by atoms with E-state index in [0.29, 0.717) is 0 Å². The average molecular weight is 420 g/mol. The number of carboxylic acid groups (broad SMARTS) is 3. The lowest BCUT2D eigenvalue weighted by Crippen LogP contribution is -2.15. The van der Waals surface area contributed by atoms with Crippen molar-refractivity contribution in [2.75, 3.05) is 6.16 Å². The summed E-state index contributed by atoms with van der Waals surface area (Å²) in [4.78, 5) is 76.1. The van der Waals surface area contributed by atoms with Crippen LogP contribution in [0.1, 0.15) is 6.92 Å². The monoisotopic (exact) mass is 420 g/mol. The normalized spacial score (nSPS) is 12.6. The van der Waals surface area contributed by atoms with Gasteiger partial charge in [-0.2, -0.15) is 0 Å². The summed E-state index contributed by atoms with van der Waals surface area (Å²) >= 11 is 0. The van der Waals surface area contributed by atoms with Crippen LogP contribution < -0.4 is 0 Å². The van der Waals surface area contributed by atoms with Crippen LogP contribution in [0.25, 0.3) is 0 Å². The average Bonchev–Trinajstić information content (AvgIpc) is 2.23. The molecule has 0 fully saturated rings. The van der Waals surface area contributed by atoms with Gasteiger partial charge in [-0.25, -0.2) is 9.36 Å². The van der Waals surface area contributed by atoms with Crippen molar-refractivity contribution in [3.8, 4) is 0 Å². The highest BCUT2D eigenvalue weighted by Crippen LogP contribution is 2.40. The van der Waals surface area contributed by atoms with Gasteiger partial charge >= 0.3 is 40.4 Å². The zero-order valence-electron chi connectivity index (χ0n) is 11.6. The summed E-state index contributed by atoms with van der Waals surface area (Å²) in [5, 5.41) is 23.3. The highest BCUT2D eigenvalue weighted by Gasteiger charge is 2.30. The van der Waals surface area contributed by atoms with Crippen LogP contribution in [0.4, 0.5) is 4.79 Å². The fourth-order valence-corrected chi connectivity index (χ4v) is 0.960. The molecule has 0 saturated heterocycles. The van der Waals surface area contributed by atoms with Gasteiger partial charge in [0.05, 0.1) is 0 Å². The van der Waals surface area contributed by atoms with Crippen LogP contribution in [0.15, 0.2) is 0 Å². The molecule has 0 amide bonds. The molecule has 0 aliphatic heterocycles. The van der Waals surface area contributed by atoms with Gasteiger partial charge in [-0.15, -0.1) is 0 Å². The lowest BCUT2D eigenvalue weighted by Gasteiger charge is -2.06. The molecule has 0 aromatic carbocycles. The Hall–Kier alpha value is -1.14. The van der Waals surface area contributed by atoms with Gasteiger partial charge in [0.15, 0.2) is 5.66 Å². The highest BCUT2D eigenvalue weighted by atomic mass is 31.2. The Balaban J connectivity index is -0.000000278. The second-order valence-corrected chi connectivity index (χ2v) is 8.72. The fraction of sp³-hybridized carbons (Fsp3) is 0.500. The molecule has 0 spiro atoms. The van der Waals surface area contributed by atoms with Crippen molar-refractivity contribution in [1.29, 1.82) is 0 Å². The minimum atomic E-state index is -4.82. The van der Waals surface area contributed by atoms with Gasteiger partial charge in [-0.3, -0.25) is 18.7 Å². The van der Waals surface area contributed by atoms with Crippen molar-refractivity contribution < 1.29 is 72.8 Å². The van der Waals surface area contributed by atoms with Crippen LogP contribution in [-0.4, -0.2) is 74.1 Å².